The first kappa shape index (κ1) is 14.8. The van der Waals surface area contributed by atoms with Gasteiger partial charge < -0.3 is 10.3 Å². The topological polar surface area (TPSA) is 40.7 Å². The zero-order chi connectivity index (χ0) is 9.10. The van der Waals surface area contributed by atoms with Gasteiger partial charge in [0.1, 0.15) is 5.82 Å². The van der Waals surface area contributed by atoms with Gasteiger partial charge in [-0.05, 0) is 31.8 Å². The van der Waals surface area contributed by atoms with Crippen LogP contribution in [0.15, 0.2) is 12.4 Å². The molecule has 0 spiro atoms. The van der Waals surface area contributed by atoms with Crippen LogP contribution in [0.3, 0.4) is 0 Å². The summed E-state index contributed by atoms with van der Waals surface area (Å²) >= 11 is 0. The Kier molecular flexibility index (Phi) is 6.98. The largest absolute Gasteiger partial charge is 0.348 e. The van der Waals surface area contributed by atoms with Crippen LogP contribution in [-0.4, -0.2) is 23.1 Å². The minimum atomic E-state index is 0. The van der Waals surface area contributed by atoms with E-state index >= 15 is 0 Å². The number of aromatic amines is 1. The highest BCUT2D eigenvalue weighted by atomic mass is 35.5. The number of hydrogen-bond donors (Lipinski definition) is 2. The molecule has 88 valence electrons. The lowest BCUT2D eigenvalue weighted by atomic mass is 9.86. The minimum absolute atomic E-state index is 0. The number of aromatic nitrogens is 2. The van der Waals surface area contributed by atoms with Crippen molar-refractivity contribution in [2.45, 2.75) is 25.7 Å². The molecular formula is C10H19Cl2N3. The molecule has 1 aromatic rings. The van der Waals surface area contributed by atoms with Gasteiger partial charge in [-0.2, -0.15) is 0 Å². The van der Waals surface area contributed by atoms with Crippen LogP contribution < -0.4 is 5.32 Å². The van der Waals surface area contributed by atoms with Crippen LogP contribution in [0.1, 0.15) is 31.5 Å². The zero-order valence-corrected chi connectivity index (χ0v) is 10.5. The molecule has 0 bridgehead atoms. The maximum atomic E-state index is 4.32. The van der Waals surface area contributed by atoms with Crippen LogP contribution in [0.2, 0.25) is 0 Å². The highest BCUT2D eigenvalue weighted by molar-refractivity contribution is 5.85. The average Bonchev–Trinajstić information content (AvgIpc) is 2.71. The van der Waals surface area contributed by atoms with Gasteiger partial charge in [-0.25, -0.2) is 4.98 Å². The first-order valence-electron chi connectivity index (χ1n) is 5.08. The summed E-state index contributed by atoms with van der Waals surface area (Å²) in [5, 5.41) is 3.38. The van der Waals surface area contributed by atoms with Crippen LogP contribution in [0.25, 0.3) is 0 Å². The highest BCUT2D eigenvalue weighted by Gasteiger charge is 2.22. The summed E-state index contributed by atoms with van der Waals surface area (Å²) in [6, 6.07) is 0. The second kappa shape index (κ2) is 7.09. The van der Waals surface area contributed by atoms with E-state index in [0.29, 0.717) is 5.92 Å². The number of nitrogens with zero attached hydrogens (tertiary/aromatic N) is 1. The molecule has 1 saturated heterocycles. The number of hydrogen-bond acceptors (Lipinski definition) is 2. The van der Waals surface area contributed by atoms with E-state index in [9.17, 15) is 0 Å². The molecule has 1 unspecified atom stereocenters. The molecule has 0 aromatic carbocycles. The third kappa shape index (κ3) is 3.67. The summed E-state index contributed by atoms with van der Waals surface area (Å²) in [4.78, 5) is 7.52. The van der Waals surface area contributed by atoms with Crippen molar-refractivity contribution < 1.29 is 0 Å². The molecule has 1 aliphatic rings. The summed E-state index contributed by atoms with van der Waals surface area (Å²) in [5.41, 5.74) is 0. The molecule has 5 heteroatoms. The minimum Gasteiger partial charge on any atom is -0.348 e. The fourth-order valence-electron chi connectivity index (χ4n) is 2.09. The van der Waals surface area contributed by atoms with Crippen molar-refractivity contribution in [2.75, 3.05) is 13.1 Å². The predicted octanol–water partition coefficient (Wildman–Crippen LogP) is 2.36. The summed E-state index contributed by atoms with van der Waals surface area (Å²) in [5.74, 6) is 2.52. The summed E-state index contributed by atoms with van der Waals surface area (Å²) in [7, 11) is 0. The van der Waals surface area contributed by atoms with Crippen molar-refractivity contribution in [3.8, 4) is 0 Å². The molecule has 15 heavy (non-hydrogen) atoms. The third-order valence-electron chi connectivity index (χ3n) is 3.04. The van der Waals surface area contributed by atoms with E-state index in [0.717, 1.165) is 24.8 Å². The second-order valence-electron chi connectivity index (χ2n) is 3.85. The molecule has 1 fully saturated rings. The lowest BCUT2D eigenvalue weighted by molar-refractivity contribution is 0.324. The fraction of sp³-hybridized carbons (Fsp3) is 0.700. The smallest absolute Gasteiger partial charge is 0.109 e. The maximum absolute atomic E-state index is 4.32. The molecule has 1 aromatic heterocycles. The van der Waals surface area contributed by atoms with Gasteiger partial charge in [0.25, 0.3) is 0 Å². The Hall–Kier alpha value is -0.250. The van der Waals surface area contributed by atoms with E-state index in [1.807, 2.05) is 12.4 Å². The molecule has 2 N–H and O–H groups in total. The summed E-state index contributed by atoms with van der Waals surface area (Å²) in [6.07, 6.45) is 6.31. The van der Waals surface area contributed by atoms with Crippen molar-refractivity contribution in [1.82, 2.24) is 15.3 Å². The van der Waals surface area contributed by atoms with E-state index in [2.05, 4.69) is 22.2 Å². The van der Waals surface area contributed by atoms with Crippen LogP contribution in [0.5, 0.6) is 0 Å². The van der Waals surface area contributed by atoms with Gasteiger partial charge >= 0.3 is 0 Å². The molecule has 0 aliphatic carbocycles. The van der Waals surface area contributed by atoms with E-state index in [1.54, 1.807) is 0 Å². The Morgan fingerprint density at radius 2 is 2.00 bits per heavy atom. The van der Waals surface area contributed by atoms with Gasteiger partial charge in [-0.15, -0.1) is 24.8 Å². The van der Waals surface area contributed by atoms with Crippen LogP contribution in [-0.2, 0) is 0 Å². The Bertz CT molecular complexity index is 245. The normalized spacial score (nSPS) is 18.7. The first-order chi connectivity index (χ1) is 6.38. The molecule has 2 rings (SSSR count). The van der Waals surface area contributed by atoms with E-state index in [4.69, 9.17) is 0 Å². The highest BCUT2D eigenvalue weighted by Crippen LogP contribution is 2.27. The van der Waals surface area contributed by atoms with E-state index in [1.165, 1.54) is 12.8 Å². The van der Waals surface area contributed by atoms with Gasteiger partial charge in [0.05, 0.1) is 0 Å². The predicted molar refractivity (Wildman–Crippen MR) is 67.1 cm³/mol. The monoisotopic (exact) mass is 251 g/mol. The Morgan fingerprint density at radius 3 is 2.53 bits per heavy atom. The van der Waals surface area contributed by atoms with Crippen LogP contribution in [0.4, 0.5) is 0 Å². The Labute approximate surface area is 103 Å². The number of nitrogens with one attached hydrogen (secondary N) is 2. The zero-order valence-electron chi connectivity index (χ0n) is 8.90. The SMILES string of the molecule is CC(c1ncc[nH]1)C1CCNCC1.Cl.Cl. The fourth-order valence-corrected chi connectivity index (χ4v) is 2.09. The van der Waals surface area contributed by atoms with Gasteiger partial charge in [-0.3, -0.25) is 0 Å². The Morgan fingerprint density at radius 1 is 1.33 bits per heavy atom. The molecule has 0 saturated carbocycles. The van der Waals surface area contributed by atoms with Crippen LogP contribution in [0, 0.1) is 5.92 Å². The molecule has 1 atom stereocenters. The van der Waals surface area contributed by atoms with Crippen molar-refractivity contribution in [3.63, 3.8) is 0 Å². The average molecular weight is 252 g/mol. The van der Waals surface area contributed by atoms with Crippen LogP contribution >= 0.6 is 24.8 Å². The molecule has 3 nitrogen and oxygen atoms in total. The number of imidazole rings is 1. The number of H-pyrrole nitrogens is 1. The molecular weight excluding hydrogens is 233 g/mol. The van der Waals surface area contributed by atoms with Gasteiger partial charge in [0, 0.05) is 18.3 Å². The first-order valence-corrected chi connectivity index (χ1v) is 5.08. The van der Waals surface area contributed by atoms with Crippen molar-refractivity contribution >= 4 is 24.8 Å². The van der Waals surface area contributed by atoms with Gasteiger partial charge in [0.2, 0.25) is 0 Å². The molecule has 1 aliphatic heterocycles. The quantitative estimate of drug-likeness (QED) is 0.848. The maximum Gasteiger partial charge on any atom is 0.109 e. The van der Waals surface area contributed by atoms with Crippen molar-refractivity contribution in [2.24, 2.45) is 5.92 Å². The van der Waals surface area contributed by atoms with Crippen molar-refractivity contribution in [3.05, 3.63) is 18.2 Å². The molecule has 0 amide bonds. The third-order valence-corrected chi connectivity index (χ3v) is 3.04. The lowest BCUT2D eigenvalue weighted by Gasteiger charge is -2.26. The second-order valence-corrected chi connectivity index (χ2v) is 3.85. The number of halogens is 2. The lowest BCUT2D eigenvalue weighted by Crippen LogP contribution is -2.30. The number of piperidine rings is 1. The van der Waals surface area contributed by atoms with Gasteiger partial charge in [0.15, 0.2) is 0 Å². The molecule has 2 heterocycles. The van der Waals surface area contributed by atoms with Crippen molar-refractivity contribution in [1.29, 1.82) is 0 Å². The Balaban J connectivity index is 0.000000980. The number of rotatable bonds is 2. The van der Waals surface area contributed by atoms with E-state index in [-0.39, 0.29) is 24.8 Å². The van der Waals surface area contributed by atoms with Gasteiger partial charge in [-0.1, -0.05) is 6.92 Å². The molecule has 0 radical (unpaired) electrons. The van der Waals surface area contributed by atoms with E-state index < -0.39 is 0 Å². The summed E-state index contributed by atoms with van der Waals surface area (Å²) in [6.45, 7) is 4.60. The standard InChI is InChI=1S/C10H17N3.2ClH/c1-8(10-12-6-7-13-10)9-2-4-11-5-3-9;;/h6-9,11H,2-5H2,1H3,(H,12,13);2*1H. The summed E-state index contributed by atoms with van der Waals surface area (Å²) < 4.78 is 0.